The molecular weight excluding hydrogens is 234 g/mol. The topological polar surface area (TPSA) is 67.1 Å². The highest BCUT2D eigenvalue weighted by Crippen LogP contribution is 2.25. The van der Waals surface area contributed by atoms with Crippen LogP contribution in [-0.2, 0) is 0 Å². The molecule has 1 saturated heterocycles. The van der Waals surface area contributed by atoms with E-state index in [1.54, 1.807) is 0 Å². The fourth-order valence-corrected chi connectivity index (χ4v) is 2.75. The summed E-state index contributed by atoms with van der Waals surface area (Å²) in [6.45, 7) is 2.09. The van der Waals surface area contributed by atoms with E-state index in [1.807, 2.05) is 24.9 Å². The van der Waals surface area contributed by atoms with Gasteiger partial charge in [0.2, 0.25) is 5.95 Å². The summed E-state index contributed by atoms with van der Waals surface area (Å²) in [5.74, 6) is 2.04. The van der Waals surface area contributed by atoms with Crippen LogP contribution in [0.5, 0.6) is 0 Å². The van der Waals surface area contributed by atoms with Crippen molar-refractivity contribution >= 4 is 29.3 Å². The first-order valence-electron chi connectivity index (χ1n) is 5.83. The Labute approximate surface area is 106 Å². The van der Waals surface area contributed by atoms with Crippen LogP contribution in [-0.4, -0.2) is 41.6 Å². The summed E-state index contributed by atoms with van der Waals surface area (Å²) in [7, 11) is 1.84. The van der Waals surface area contributed by atoms with Crippen LogP contribution in [0.3, 0.4) is 0 Å². The maximum absolute atomic E-state index is 5.70. The van der Waals surface area contributed by atoms with Crippen molar-refractivity contribution in [3.63, 3.8) is 0 Å². The molecule has 1 aliphatic rings. The molecule has 0 aromatic carbocycles. The van der Waals surface area contributed by atoms with Crippen molar-refractivity contribution in [3.05, 3.63) is 6.07 Å². The molecule has 0 unspecified atom stereocenters. The third-order valence-electron chi connectivity index (χ3n) is 3.09. The molecule has 0 saturated carbocycles. The lowest BCUT2D eigenvalue weighted by Gasteiger charge is -2.32. The molecule has 3 N–H and O–H groups in total. The fraction of sp³-hybridized carbons (Fsp3) is 0.636. The molecular formula is C11H19N5S. The van der Waals surface area contributed by atoms with Crippen molar-refractivity contribution in [3.8, 4) is 0 Å². The van der Waals surface area contributed by atoms with E-state index >= 15 is 0 Å². The van der Waals surface area contributed by atoms with Gasteiger partial charge in [-0.2, -0.15) is 21.7 Å². The molecule has 0 radical (unpaired) electrons. The Morgan fingerprint density at radius 2 is 2.12 bits per heavy atom. The zero-order valence-corrected chi connectivity index (χ0v) is 11.1. The van der Waals surface area contributed by atoms with Crippen LogP contribution in [0.25, 0.3) is 0 Å². The number of anilines is 3. The van der Waals surface area contributed by atoms with Crippen LogP contribution in [0, 0.1) is 0 Å². The van der Waals surface area contributed by atoms with E-state index in [2.05, 4.69) is 26.4 Å². The quantitative estimate of drug-likeness (QED) is 0.849. The van der Waals surface area contributed by atoms with Crippen LogP contribution in [0.4, 0.5) is 17.6 Å². The fourth-order valence-electron chi connectivity index (χ4n) is 2.06. The first kappa shape index (κ1) is 12.3. The van der Waals surface area contributed by atoms with Gasteiger partial charge in [0.25, 0.3) is 0 Å². The summed E-state index contributed by atoms with van der Waals surface area (Å²) in [6, 6.07) is 1.95. The van der Waals surface area contributed by atoms with Gasteiger partial charge in [0, 0.05) is 31.5 Å². The summed E-state index contributed by atoms with van der Waals surface area (Å²) in [6.07, 6.45) is 4.60. The number of hydrogen-bond acceptors (Lipinski definition) is 6. The zero-order valence-electron chi connectivity index (χ0n) is 10.3. The number of nitrogen functional groups attached to an aromatic ring is 1. The van der Waals surface area contributed by atoms with Crippen molar-refractivity contribution in [2.75, 3.05) is 42.3 Å². The van der Waals surface area contributed by atoms with Crippen LogP contribution < -0.4 is 16.0 Å². The number of hydrogen-bond donors (Lipinski definition) is 2. The van der Waals surface area contributed by atoms with Crippen molar-refractivity contribution in [1.82, 2.24) is 9.97 Å². The molecule has 2 heterocycles. The minimum Gasteiger partial charge on any atom is -0.373 e. The van der Waals surface area contributed by atoms with Gasteiger partial charge >= 0.3 is 0 Å². The lowest BCUT2D eigenvalue weighted by molar-refractivity contribution is 0.587. The first-order chi connectivity index (χ1) is 8.22. The number of aromatic nitrogens is 2. The monoisotopic (exact) mass is 253 g/mol. The Kier molecular flexibility index (Phi) is 3.93. The average molecular weight is 253 g/mol. The van der Waals surface area contributed by atoms with E-state index in [1.165, 1.54) is 12.8 Å². The van der Waals surface area contributed by atoms with E-state index in [0.29, 0.717) is 5.95 Å². The largest absolute Gasteiger partial charge is 0.373 e. The van der Waals surface area contributed by atoms with Gasteiger partial charge in [0.05, 0.1) is 0 Å². The highest BCUT2D eigenvalue weighted by Gasteiger charge is 2.19. The van der Waals surface area contributed by atoms with Crippen molar-refractivity contribution in [2.24, 2.45) is 0 Å². The molecule has 2 rings (SSSR count). The molecule has 94 valence electrons. The summed E-state index contributed by atoms with van der Waals surface area (Å²) in [4.78, 5) is 10.7. The molecule has 0 aliphatic carbocycles. The van der Waals surface area contributed by atoms with Crippen LogP contribution in [0.2, 0.25) is 0 Å². The summed E-state index contributed by atoms with van der Waals surface area (Å²) < 4.78 is 0. The second kappa shape index (κ2) is 5.44. The van der Waals surface area contributed by atoms with E-state index in [4.69, 9.17) is 5.73 Å². The third kappa shape index (κ3) is 2.94. The first-order valence-corrected chi connectivity index (χ1v) is 7.11. The van der Waals surface area contributed by atoms with Crippen LogP contribution >= 0.6 is 11.8 Å². The molecule has 0 bridgehead atoms. The maximum atomic E-state index is 5.70. The molecule has 1 aromatic heterocycles. The number of nitrogens with two attached hydrogens (primary N) is 1. The Balaban J connectivity index is 2.10. The van der Waals surface area contributed by atoms with Crippen LogP contribution in [0.1, 0.15) is 12.8 Å². The van der Waals surface area contributed by atoms with Gasteiger partial charge in [-0.3, -0.25) is 0 Å². The molecule has 5 nitrogen and oxygen atoms in total. The minimum absolute atomic E-state index is 0.332. The Bertz CT molecular complexity index is 376. The van der Waals surface area contributed by atoms with Crippen LogP contribution in [0.15, 0.2) is 6.07 Å². The molecule has 0 amide bonds. The highest BCUT2D eigenvalue weighted by atomic mass is 32.2. The lowest BCUT2D eigenvalue weighted by atomic mass is 10.1. The molecule has 1 aromatic rings. The molecule has 1 aliphatic heterocycles. The van der Waals surface area contributed by atoms with Crippen molar-refractivity contribution in [1.29, 1.82) is 0 Å². The molecule has 6 heteroatoms. The molecule has 0 spiro atoms. The lowest BCUT2D eigenvalue weighted by Crippen LogP contribution is -2.35. The van der Waals surface area contributed by atoms with Gasteiger partial charge in [-0.15, -0.1) is 0 Å². The Hall–Kier alpha value is -1.17. The smallest absolute Gasteiger partial charge is 0.223 e. The van der Waals surface area contributed by atoms with Gasteiger partial charge in [-0.05, 0) is 19.1 Å². The van der Waals surface area contributed by atoms with Gasteiger partial charge in [0.1, 0.15) is 11.6 Å². The predicted octanol–water partition coefficient (Wildman–Crippen LogP) is 1.43. The van der Waals surface area contributed by atoms with Gasteiger partial charge < -0.3 is 16.0 Å². The summed E-state index contributed by atoms with van der Waals surface area (Å²) in [5, 5.41) is 3.79. The number of thioether (sulfide) groups is 1. The SMILES string of the molecule is CNc1cc(N2CCC(SC)CC2)nc(N)n1. The molecule has 17 heavy (non-hydrogen) atoms. The number of piperidine rings is 1. The van der Waals surface area contributed by atoms with E-state index in [9.17, 15) is 0 Å². The zero-order chi connectivity index (χ0) is 12.3. The Morgan fingerprint density at radius 3 is 2.71 bits per heavy atom. The predicted molar refractivity (Wildman–Crippen MR) is 74.7 cm³/mol. The number of rotatable bonds is 3. The maximum Gasteiger partial charge on any atom is 0.223 e. The summed E-state index contributed by atoms with van der Waals surface area (Å²) in [5.41, 5.74) is 5.70. The summed E-state index contributed by atoms with van der Waals surface area (Å²) >= 11 is 1.96. The van der Waals surface area contributed by atoms with E-state index in [-0.39, 0.29) is 0 Å². The Morgan fingerprint density at radius 1 is 1.41 bits per heavy atom. The van der Waals surface area contributed by atoms with Gasteiger partial charge in [-0.25, -0.2) is 0 Å². The second-order valence-electron chi connectivity index (χ2n) is 4.14. The number of nitrogens with zero attached hydrogens (tertiary/aromatic N) is 3. The standard InChI is InChI=1S/C11H19N5S/c1-13-9-7-10(15-11(12)14-9)16-5-3-8(17-2)4-6-16/h7-8H,3-6H2,1-2H3,(H3,12,13,14,15). The van der Waals surface area contributed by atoms with E-state index < -0.39 is 0 Å². The molecule has 1 fully saturated rings. The second-order valence-corrected chi connectivity index (χ2v) is 5.28. The van der Waals surface area contributed by atoms with Crippen molar-refractivity contribution in [2.45, 2.75) is 18.1 Å². The van der Waals surface area contributed by atoms with Gasteiger partial charge in [0.15, 0.2) is 0 Å². The minimum atomic E-state index is 0.332. The molecule has 0 atom stereocenters. The van der Waals surface area contributed by atoms with E-state index in [0.717, 1.165) is 30.0 Å². The highest BCUT2D eigenvalue weighted by molar-refractivity contribution is 7.99. The normalized spacial score (nSPS) is 17.2. The van der Waals surface area contributed by atoms with Crippen molar-refractivity contribution < 1.29 is 0 Å². The third-order valence-corrected chi connectivity index (χ3v) is 4.22. The number of nitrogens with one attached hydrogen (secondary N) is 1. The average Bonchev–Trinajstić information content (AvgIpc) is 2.38. The van der Waals surface area contributed by atoms with Gasteiger partial charge in [-0.1, -0.05) is 0 Å².